The van der Waals surface area contributed by atoms with Gasteiger partial charge in [0.2, 0.25) is 0 Å². The average Bonchev–Trinajstić information content (AvgIpc) is 2.75. The van der Waals surface area contributed by atoms with E-state index in [1.54, 1.807) is 30.4 Å². The third kappa shape index (κ3) is 6.58. The van der Waals surface area contributed by atoms with Crippen molar-refractivity contribution in [2.45, 2.75) is 16.8 Å². The molecule has 0 fully saturated rings. The Bertz CT molecular complexity index is 1180. The van der Waals surface area contributed by atoms with Gasteiger partial charge in [0, 0.05) is 20.6 Å². The van der Waals surface area contributed by atoms with Crippen LogP contribution < -0.4 is 0 Å². The summed E-state index contributed by atoms with van der Waals surface area (Å²) in [5, 5.41) is 4.24. The Balaban J connectivity index is 1.82. The molecule has 3 rings (SSSR count). The van der Waals surface area contributed by atoms with Crippen LogP contribution in [0.1, 0.15) is 11.1 Å². The van der Waals surface area contributed by atoms with Crippen LogP contribution in [0.4, 0.5) is 0 Å². The summed E-state index contributed by atoms with van der Waals surface area (Å²) in [5.41, 5.74) is 1.54. The molecule has 0 spiro atoms. The van der Waals surface area contributed by atoms with Crippen molar-refractivity contribution in [2.24, 2.45) is 5.16 Å². The molecule has 8 heteroatoms. The number of rotatable bonds is 8. The highest BCUT2D eigenvalue weighted by molar-refractivity contribution is 7.93. The van der Waals surface area contributed by atoms with E-state index in [2.05, 4.69) is 5.16 Å². The molecular weight excluding hydrogens is 477 g/mol. The number of hydrogen-bond donors (Lipinski definition) is 0. The molecule has 0 aliphatic carbocycles. The maximum absolute atomic E-state index is 13.1. The quantitative estimate of drug-likeness (QED) is 0.258. The van der Waals surface area contributed by atoms with Crippen molar-refractivity contribution in [1.82, 2.24) is 0 Å². The highest BCUT2D eigenvalue weighted by atomic mass is 35.5. The monoisotopic (exact) mass is 493 g/mol. The lowest BCUT2D eigenvalue weighted by atomic mass is 10.2. The van der Waals surface area contributed by atoms with Crippen LogP contribution in [0.3, 0.4) is 0 Å². The van der Waals surface area contributed by atoms with Crippen molar-refractivity contribution >= 4 is 56.9 Å². The fraction of sp³-hybridized carbons (Fsp3) is 0.0870. The zero-order valence-corrected chi connectivity index (χ0v) is 19.2. The molecular formula is C23H18Cl3NO3S. The Morgan fingerprint density at radius 1 is 0.903 bits per heavy atom. The second kappa shape index (κ2) is 10.8. The smallest absolute Gasteiger partial charge is 0.190 e. The van der Waals surface area contributed by atoms with E-state index in [1.807, 2.05) is 30.3 Å². The Hall–Kier alpha value is -2.31. The second-order valence-corrected chi connectivity index (χ2v) is 9.88. The maximum atomic E-state index is 13.1. The van der Waals surface area contributed by atoms with Gasteiger partial charge < -0.3 is 4.84 Å². The molecule has 31 heavy (non-hydrogen) atoms. The summed E-state index contributed by atoms with van der Waals surface area (Å²) >= 11 is 17.9. The minimum atomic E-state index is -3.77. The highest BCUT2D eigenvalue weighted by Crippen LogP contribution is 2.22. The number of sulfone groups is 1. The summed E-state index contributed by atoms with van der Waals surface area (Å²) in [4.78, 5) is 5.43. The Morgan fingerprint density at radius 3 is 2.26 bits per heavy atom. The fourth-order valence-electron chi connectivity index (χ4n) is 2.63. The van der Waals surface area contributed by atoms with Crippen LogP contribution in [0.2, 0.25) is 15.1 Å². The van der Waals surface area contributed by atoms with Crippen LogP contribution in [-0.2, 0) is 21.3 Å². The molecule has 0 bridgehead atoms. The molecule has 0 amide bonds. The Morgan fingerprint density at radius 2 is 1.58 bits per heavy atom. The predicted octanol–water partition coefficient (Wildman–Crippen LogP) is 6.71. The first-order chi connectivity index (χ1) is 14.9. The number of hydrogen-bond acceptors (Lipinski definition) is 4. The topological polar surface area (TPSA) is 55.7 Å². The first kappa shape index (κ1) is 23.4. The lowest BCUT2D eigenvalue weighted by Crippen LogP contribution is -2.21. The summed E-state index contributed by atoms with van der Waals surface area (Å²) in [5.74, 6) is 0. The van der Waals surface area contributed by atoms with E-state index in [9.17, 15) is 8.42 Å². The van der Waals surface area contributed by atoms with E-state index in [1.165, 1.54) is 30.5 Å². The standard InChI is InChI=1S/C23H18Cl3NO3S/c24-19-9-12-21(13-10-19)31(28,29)22(11-6-17-4-2-1-3-5-17)15-27-30-16-18-7-8-20(25)14-23(18)26/h1-15,22H,16H2/b11-6+,27-15+. The van der Waals surface area contributed by atoms with Crippen molar-refractivity contribution < 1.29 is 13.3 Å². The zero-order valence-electron chi connectivity index (χ0n) is 16.2. The lowest BCUT2D eigenvalue weighted by molar-refractivity contribution is 0.131. The van der Waals surface area contributed by atoms with E-state index in [4.69, 9.17) is 39.6 Å². The van der Waals surface area contributed by atoms with Gasteiger partial charge in [-0.3, -0.25) is 0 Å². The number of nitrogens with zero attached hydrogens (tertiary/aromatic N) is 1. The summed E-state index contributed by atoms with van der Waals surface area (Å²) < 4.78 is 26.3. The van der Waals surface area contributed by atoms with Crippen molar-refractivity contribution in [1.29, 1.82) is 0 Å². The Kier molecular flexibility index (Phi) is 8.15. The van der Waals surface area contributed by atoms with Crippen LogP contribution >= 0.6 is 34.8 Å². The number of halogens is 3. The second-order valence-electron chi connectivity index (χ2n) is 6.50. The van der Waals surface area contributed by atoms with Crippen molar-refractivity contribution in [3.05, 3.63) is 105 Å². The summed E-state index contributed by atoms with van der Waals surface area (Å²) in [6.45, 7) is 0.0720. The van der Waals surface area contributed by atoms with Gasteiger partial charge in [0.25, 0.3) is 0 Å². The molecule has 0 saturated carbocycles. The molecule has 0 aliphatic rings. The minimum absolute atomic E-state index is 0.0720. The van der Waals surface area contributed by atoms with Crippen molar-refractivity contribution in [2.75, 3.05) is 0 Å². The highest BCUT2D eigenvalue weighted by Gasteiger charge is 2.24. The van der Waals surface area contributed by atoms with Gasteiger partial charge in [-0.25, -0.2) is 8.42 Å². The summed E-state index contributed by atoms with van der Waals surface area (Å²) in [6, 6.07) is 20.4. The predicted molar refractivity (Wildman–Crippen MR) is 128 cm³/mol. The molecule has 0 aliphatic heterocycles. The largest absolute Gasteiger partial charge is 0.391 e. The molecule has 3 aromatic carbocycles. The van der Waals surface area contributed by atoms with Crippen molar-refractivity contribution in [3.63, 3.8) is 0 Å². The van der Waals surface area contributed by atoms with Crippen LogP contribution in [0.25, 0.3) is 6.08 Å². The molecule has 0 N–H and O–H groups in total. The third-order valence-electron chi connectivity index (χ3n) is 4.30. The summed E-state index contributed by atoms with van der Waals surface area (Å²) in [7, 11) is -3.77. The molecule has 160 valence electrons. The normalized spacial score (nSPS) is 13.0. The molecule has 1 unspecified atom stereocenters. The van der Waals surface area contributed by atoms with Gasteiger partial charge in [0.15, 0.2) is 9.84 Å². The van der Waals surface area contributed by atoms with Crippen LogP contribution in [-0.4, -0.2) is 19.9 Å². The Labute approximate surface area is 196 Å². The van der Waals surface area contributed by atoms with Gasteiger partial charge in [-0.1, -0.05) is 88.5 Å². The van der Waals surface area contributed by atoms with Crippen LogP contribution in [0.15, 0.2) is 88.9 Å². The first-order valence-electron chi connectivity index (χ1n) is 9.18. The van der Waals surface area contributed by atoms with E-state index >= 15 is 0 Å². The van der Waals surface area contributed by atoms with E-state index in [0.29, 0.717) is 20.6 Å². The average molecular weight is 495 g/mol. The molecule has 4 nitrogen and oxygen atoms in total. The maximum Gasteiger partial charge on any atom is 0.190 e. The molecule has 1 atom stereocenters. The van der Waals surface area contributed by atoms with Gasteiger partial charge >= 0.3 is 0 Å². The number of oxime groups is 1. The van der Waals surface area contributed by atoms with Gasteiger partial charge in [0.05, 0.1) is 11.1 Å². The number of benzene rings is 3. The van der Waals surface area contributed by atoms with Gasteiger partial charge in [0.1, 0.15) is 11.9 Å². The fourth-order valence-corrected chi connectivity index (χ4v) is 4.55. The van der Waals surface area contributed by atoms with Gasteiger partial charge in [-0.15, -0.1) is 0 Å². The molecule has 0 aromatic heterocycles. The molecule has 3 aromatic rings. The zero-order chi connectivity index (χ0) is 22.3. The van der Waals surface area contributed by atoms with E-state index < -0.39 is 15.1 Å². The lowest BCUT2D eigenvalue weighted by Gasteiger charge is -2.10. The summed E-state index contributed by atoms with van der Waals surface area (Å²) in [6.07, 6.45) is 4.52. The molecule has 0 radical (unpaired) electrons. The van der Waals surface area contributed by atoms with Gasteiger partial charge in [-0.2, -0.15) is 0 Å². The van der Waals surface area contributed by atoms with Crippen LogP contribution in [0.5, 0.6) is 0 Å². The minimum Gasteiger partial charge on any atom is -0.391 e. The van der Waals surface area contributed by atoms with Crippen molar-refractivity contribution in [3.8, 4) is 0 Å². The van der Waals surface area contributed by atoms with Gasteiger partial charge in [-0.05, 0) is 42.0 Å². The molecule has 0 heterocycles. The molecule has 0 saturated heterocycles. The first-order valence-corrected chi connectivity index (χ1v) is 11.9. The van der Waals surface area contributed by atoms with E-state index in [-0.39, 0.29) is 11.5 Å². The SMILES string of the molecule is O=S(=O)(c1ccc(Cl)cc1)C(/C=C/c1ccccc1)/C=N/OCc1ccc(Cl)cc1Cl. The van der Waals surface area contributed by atoms with Crippen LogP contribution in [0, 0.1) is 0 Å². The van der Waals surface area contributed by atoms with E-state index in [0.717, 1.165) is 5.56 Å². The third-order valence-corrected chi connectivity index (χ3v) is 7.06.